The number of carboxylic acid groups (broad SMARTS) is 1. The molecule has 1 heterocycles. The summed E-state index contributed by atoms with van der Waals surface area (Å²) in [5.41, 5.74) is 1.87. The number of hydrogen-bond donors (Lipinski definition) is 2. The first-order valence-corrected chi connectivity index (χ1v) is 6.26. The van der Waals surface area contributed by atoms with Crippen molar-refractivity contribution >= 4 is 11.7 Å². The zero-order valence-electron chi connectivity index (χ0n) is 11.1. The maximum atomic E-state index is 11.0. The van der Waals surface area contributed by atoms with Crippen molar-refractivity contribution in [3.8, 4) is 0 Å². The third-order valence-corrected chi connectivity index (χ3v) is 3.08. The van der Waals surface area contributed by atoms with Crippen LogP contribution in [0.3, 0.4) is 0 Å². The average molecular weight is 259 g/mol. The summed E-state index contributed by atoms with van der Waals surface area (Å²) in [6, 6.07) is 9.09. The van der Waals surface area contributed by atoms with Gasteiger partial charge in [-0.25, -0.2) is 4.79 Å². The number of rotatable bonds is 5. The molecular weight excluding hydrogens is 242 g/mol. The van der Waals surface area contributed by atoms with E-state index < -0.39 is 5.97 Å². The predicted molar refractivity (Wildman–Crippen MR) is 73.6 cm³/mol. The van der Waals surface area contributed by atoms with Gasteiger partial charge in [-0.15, -0.1) is 0 Å². The number of carboxylic acids is 1. The smallest absolute Gasteiger partial charge is 0.336 e. The molecule has 0 spiro atoms. The Morgan fingerprint density at radius 2 is 2.00 bits per heavy atom. The lowest BCUT2D eigenvalue weighted by Gasteiger charge is -2.10. The molecule has 1 aromatic heterocycles. The van der Waals surface area contributed by atoms with Gasteiger partial charge in [0.15, 0.2) is 0 Å². The topological polar surface area (TPSA) is 62.5 Å². The Labute approximate surface area is 112 Å². The Balaban J connectivity index is 2.11. The van der Waals surface area contributed by atoms with Crippen LogP contribution in [0.15, 0.2) is 34.7 Å². The largest absolute Gasteiger partial charge is 0.478 e. The standard InChI is InChI=1S/C15H17NO3/c1-3-11-7-8-12(19-11)9-16-14-6-4-5-13(10(14)2)15(17)18/h4-8,16H,3,9H2,1-2H3,(H,17,18). The van der Waals surface area contributed by atoms with Crippen LogP contribution in [-0.4, -0.2) is 11.1 Å². The van der Waals surface area contributed by atoms with Gasteiger partial charge in [0.1, 0.15) is 11.5 Å². The minimum atomic E-state index is -0.910. The van der Waals surface area contributed by atoms with E-state index in [-0.39, 0.29) is 0 Å². The van der Waals surface area contributed by atoms with Crippen LogP contribution >= 0.6 is 0 Å². The highest BCUT2D eigenvalue weighted by Crippen LogP contribution is 2.20. The van der Waals surface area contributed by atoms with Crippen LogP contribution in [0.2, 0.25) is 0 Å². The molecule has 2 aromatic rings. The molecule has 0 saturated heterocycles. The maximum Gasteiger partial charge on any atom is 0.336 e. The van der Waals surface area contributed by atoms with E-state index >= 15 is 0 Å². The molecule has 4 heteroatoms. The molecule has 0 unspecified atom stereocenters. The molecular formula is C15H17NO3. The van der Waals surface area contributed by atoms with E-state index in [1.165, 1.54) is 0 Å². The van der Waals surface area contributed by atoms with Gasteiger partial charge in [-0.3, -0.25) is 0 Å². The van der Waals surface area contributed by atoms with E-state index in [1.54, 1.807) is 19.1 Å². The highest BCUT2D eigenvalue weighted by Gasteiger charge is 2.10. The fraction of sp³-hybridized carbons (Fsp3) is 0.267. The lowest BCUT2D eigenvalue weighted by Crippen LogP contribution is -2.05. The number of nitrogens with one attached hydrogen (secondary N) is 1. The second-order valence-corrected chi connectivity index (χ2v) is 4.36. The van der Waals surface area contributed by atoms with Gasteiger partial charge in [0.2, 0.25) is 0 Å². The molecule has 0 fully saturated rings. The SMILES string of the molecule is CCc1ccc(CNc2cccc(C(=O)O)c2C)o1. The van der Waals surface area contributed by atoms with Crippen molar-refractivity contribution < 1.29 is 14.3 Å². The third-order valence-electron chi connectivity index (χ3n) is 3.08. The van der Waals surface area contributed by atoms with Gasteiger partial charge in [-0.1, -0.05) is 13.0 Å². The molecule has 4 nitrogen and oxygen atoms in total. The first kappa shape index (κ1) is 13.2. The summed E-state index contributed by atoms with van der Waals surface area (Å²) in [5, 5.41) is 12.3. The first-order chi connectivity index (χ1) is 9.11. The van der Waals surface area contributed by atoms with Crippen molar-refractivity contribution in [2.75, 3.05) is 5.32 Å². The Morgan fingerprint density at radius 3 is 2.63 bits per heavy atom. The molecule has 0 aliphatic heterocycles. The lowest BCUT2D eigenvalue weighted by atomic mass is 10.1. The third kappa shape index (κ3) is 2.96. The van der Waals surface area contributed by atoms with Gasteiger partial charge in [0.25, 0.3) is 0 Å². The van der Waals surface area contributed by atoms with Gasteiger partial charge >= 0.3 is 5.97 Å². The highest BCUT2D eigenvalue weighted by molar-refractivity contribution is 5.91. The lowest BCUT2D eigenvalue weighted by molar-refractivity contribution is 0.0696. The predicted octanol–water partition coefficient (Wildman–Crippen LogP) is 3.46. The minimum absolute atomic E-state index is 0.318. The van der Waals surface area contributed by atoms with E-state index in [1.807, 2.05) is 25.1 Å². The Kier molecular flexibility index (Phi) is 3.90. The van der Waals surface area contributed by atoms with Gasteiger partial charge in [0.05, 0.1) is 12.1 Å². The van der Waals surface area contributed by atoms with Gasteiger partial charge in [0, 0.05) is 12.1 Å². The quantitative estimate of drug-likeness (QED) is 0.863. The minimum Gasteiger partial charge on any atom is -0.478 e. The van der Waals surface area contributed by atoms with E-state index in [9.17, 15) is 4.79 Å². The molecule has 2 N–H and O–H groups in total. The van der Waals surface area contributed by atoms with E-state index in [4.69, 9.17) is 9.52 Å². The number of carbonyl (C=O) groups is 1. The molecule has 1 aromatic carbocycles. The zero-order valence-corrected chi connectivity index (χ0v) is 11.1. The second-order valence-electron chi connectivity index (χ2n) is 4.36. The molecule has 0 aliphatic rings. The van der Waals surface area contributed by atoms with Crippen LogP contribution in [0.4, 0.5) is 5.69 Å². The van der Waals surface area contributed by atoms with Crippen molar-refractivity contribution in [1.82, 2.24) is 0 Å². The Hall–Kier alpha value is -2.23. The molecule has 0 atom stereocenters. The first-order valence-electron chi connectivity index (χ1n) is 6.26. The van der Waals surface area contributed by atoms with Crippen molar-refractivity contribution in [3.05, 3.63) is 53.0 Å². The number of aromatic carboxylic acids is 1. The van der Waals surface area contributed by atoms with Crippen molar-refractivity contribution in [1.29, 1.82) is 0 Å². The van der Waals surface area contributed by atoms with Crippen LogP contribution in [0.5, 0.6) is 0 Å². The molecule has 0 amide bonds. The maximum absolute atomic E-state index is 11.0. The fourth-order valence-electron chi connectivity index (χ4n) is 1.95. The highest BCUT2D eigenvalue weighted by atomic mass is 16.4. The van der Waals surface area contributed by atoms with Crippen LogP contribution in [0, 0.1) is 6.92 Å². The van der Waals surface area contributed by atoms with Crippen LogP contribution in [0.25, 0.3) is 0 Å². The number of furan rings is 1. The summed E-state index contributed by atoms with van der Waals surface area (Å²) in [7, 11) is 0. The molecule has 0 radical (unpaired) electrons. The number of benzene rings is 1. The van der Waals surface area contributed by atoms with Crippen LogP contribution < -0.4 is 5.32 Å². The van der Waals surface area contributed by atoms with Crippen molar-refractivity contribution in [2.24, 2.45) is 0 Å². The normalized spacial score (nSPS) is 10.4. The summed E-state index contributed by atoms with van der Waals surface area (Å²) in [6.45, 7) is 4.38. The van der Waals surface area contributed by atoms with E-state index in [0.29, 0.717) is 12.1 Å². The van der Waals surface area contributed by atoms with E-state index in [2.05, 4.69) is 5.32 Å². The Bertz CT molecular complexity index is 587. The molecule has 0 aliphatic carbocycles. The van der Waals surface area contributed by atoms with Crippen molar-refractivity contribution in [2.45, 2.75) is 26.8 Å². The monoisotopic (exact) mass is 259 g/mol. The van der Waals surface area contributed by atoms with Gasteiger partial charge in [-0.05, 0) is 36.8 Å². The summed E-state index contributed by atoms with van der Waals surface area (Å²) >= 11 is 0. The summed E-state index contributed by atoms with van der Waals surface area (Å²) in [5.74, 6) is 0.886. The number of aryl methyl sites for hydroxylation is 1. The Morgan fingerprint density at radius 1 is 1.26 bits per heavy atom. The summed E-state index contributed by atoms with van der Waals surface area (Å²) in [6.07, 6.45) is 0.869. The number of hydrogen-bond acceptors (Lipinski definition) is 3. The van der Waals surface area contributed by atoms with Crippen molar-refractivity contribution in [3.63, 3.8) is 0 Å². The van der Waals surface area contributed by atoms with E-state index in [0.717, 1.165) is 29.2 Å². The van der Waals surface area contributed by atoms with Gasteiger partial charge in [-0.2, -0.15) is 0 Å². The molecule has 0 saturated carbocycles. The average Bonchev–Trinajstić information content (AvgIpc) is 2.85. The number of anilines is 1. The molecule has 19 heavy (non-hydrogen) atoms. The van der Waals surface area contributed by atoms with Crippen LogP contribution in [0.1, 0.15) is 34.4 Å². The zero-order chi connectivity index (χ0) is 13.8. The van der Waals surface area contributed by atoms with Crippen LogP contribution in [-0.2, 0) is 13.0 Å². The molecule has 2 rings (SSSR count). The summed E-state index contributed by atoms with van der Waals surface area (Å²) < 4.78 is 5.59. The van der Waals surface area contributed by atoms with Gasteiger partial charge < -0.3 is 14.8 Å². The molecule has 0 bridgehead atoms. The fourth-order valence-corrected chi connectivity index (χ4v) is 1.95. The molecule has 100 valence electrons. The summed E-state index contributed by atoms with van der Waals surface area (Å²) in [4.78, 5) is 11.0. The second kappa shape index (κ2) is 5.61.